The van der Waals surface area contributed by atoms with Gasteiger partial charge in [0.25, 0.3) is 0 Å². The zero-order chi connectivity index (χ0) is 16.2. The number of hydrogen-bond acceptors (Lipinski definition) is 5. The third kappa shape index (κ3) is 2.03. The van der Waals surface area contributed by atoms with Crippen LogP contribution in [-0.4, -0.2) is 25.8 Å². The Morgan fingerprint density at radius 2 is 2.17 bits per heavy atom. The molecule has 7 nitrogen and oxygen atoms in total. The molecule has 7 heteroatoms. The van der Waals surface area contributed by atoms with E-state index < -0.39 is 0 Å². The van der Waals surface area contributed by atoms with Gasteiger partial charge >= 0.3 is 0 Å². The molecule has 0 saturated heterocycles. The molecule has 2 atom stereocenters. The Bertz CT molecular complexity index is 725. The van der Waals surface area contributed by atoms with Crippen molar-refractivity contribution in [1.29, 1.82) is 0 Å². The van der Waals surface area contributed by atoms with E-state index >= 15 is 0 Å². The van der Waals surface area contributed by atoms with E-state index in [1.807, 2.05) is 11.0 Å². The second-order valence-electron chi connectivity index (χ2n) is 7.98. The maximum atomic E-state index is 13.1. The molecule has 4 saturated carbocycles. The summed E-state index contributed by atoms with van der Waals surface area (Å²) in [7, 11) is 0. The van der Waals surface area contributed by atoms with Crippen LogP contribution in [0.1, 0.15) is 44.2 Å². The number of nitrogens with zero attached hydrogens (tertiary/aromatic N) is 4. The summed E-state index contributed by atoms with van der Waals surface area (Å²) >= 11 is 0. The van der Waals surface area contributed by atoms with Crippen LogP contribution >= 0.6 is 0 Å². The van der Waals surface area contributed by atoms with Gasteiger partial charge in [0, 0.05) is 6.07 Å². The quantitative estimate of drug-likeness (QED) is 0.926. The molecule has 4 bridgehead atoms. The minimum absolute atomic E-state index is 0.0220. The van der Waals surface area contributed by atoms with Crippen LogP contribution < -0.4 is 5.32 Å². The van der Waals surface area contributed by atoms with E-state index in [1.54, 1.807) is 12.4 Å². The summed E-state index contributed by atoms with van der Waals surface area (Å²) in [5.74, 6) is 1.41. The van der Waals surface area contributed by atoms with Crippen LogP contribution in [0.2, 0.25) is 0 Å². The zero-order valence-corrected chi connectivity index (χ0v) is 13.5. The van der Waals surface area contributed by atoms with Crippen LogP contribution in [0.15, 0.2) is 29.5 Å². The first-order chi connectivity index (χ1) is 11.7. The van der Waals surface area contributed by atoms with E-state index in [9.17, 15) is 4.79 Å². The molecule has 1 N–H and O–H groups in total. The highest BCUT2D eigenvalue weighted by Gasteiger charge is 2.61. The molecule has 1 amide bonds. The molecule has 24 heavy (non-hydrogen) atoms. The van der Waals surface area contributed by atoms with E-state index in [0.717, 1.165) is 37.8 Å². The lowest BCUT2D eigenvalue weighted by Gasteiger charge is -2.60. The van der Waals surface area contributed by atoms with E-state index in [4.69, 9.17) is 4.52 Å². The number of amides is 1. The monoisotopic (exact) mass is 327 g/mol. The fourth-order valence-corrected chi connectivity index (χ4v) is 5.89. The fraction of sp³-hybridized carbons (Fsp3) is 0.647. The number of carbonyl (C=O) groups is 1. The number of hydrogen-bond donors (Lipinski definition) is 1. The van der Waals surface area contributed by atoms with E-state index in [-0.39, 0.29) is 16.9 Å². The van der Waals surface area contributed by atoms with Crippen LogP contribution in [-0.2, 0) is 16.9 Å². The van der Waals surface area contributed by atoms with E-state index in [1.165, 1.54) is 12.7 Å². The Kier molecular flexibility index (Phi) is 2.90. The smallest absolute Gasteiger partial charge is 0.226 e. The first-order valence-electron chi connectivity index (χ1n) is 8.70. The minimum atomic E-state index is -0.264. The maximum absolute atomic E-state index is 13.1. The SMILES string of the molecule is O=C(NCc1ccon1)C12C[C@@H]3C[C@@H](C1)CC(n1cncn1)(C3)C2. The summed E-state index contributed by atoms with van der Waals surface area (Å²) < 4.78 is 6.87. The summed E-state index contributed by atoms with van der Waals surface area (Å²) in [5, 5.41) is 11.4. The Morgan fingerprint density at radius 1 is 1.33 bits per heavy atom. The molecule has 2 aromatic heterocycles. The Labute approximate surface area is 139 Å². The second kappa shape index (κ2) is 4.91. The van der Waals surface area contributed by atoms with Crippen LogP contribution in [0, 0.1) is 17.3 Å². The average Bonchev–Trinajstić information content (AvgIpc) is 3.25. The van der Waals surface area contributed by atoms with Crippen molar-refractivity contribution in [3.8, 4) is 0 Å². The largest absolute Gasteiger partial charge is 0.364 e. The highest BCUT2D eigenvalue weighted by Crippen LogP contribution is 2.64. The number of carbonyl (C=O) groups excluding carboxylic acids is 1. The lowest BCUT2D eigenvalue weighted by Crippen LogP contribution is -2.61. The molecule has 4 fully saturated rings. The first kappa shape index (κ1) is 14.2. The van der Waals surface area contributed by atoms with Gasteiger partial charge in [0.15, 0.2) is 0 Å². The molecular weight excluding hydrogens is 306 g/mol. The summed E-state index contributed by atoms with van der Waals surface area (Å²) in [6.45, 7) is 0.433. The fourth-order valence-electron chi connectivity index (χ4n) is 5.89. The van der Waals surface area contributed by atoms with Crippen molar-refractivity contribution in [1.82, 2.24) is 25.2 Å². The van der Waals surface area contributed by atoms with Gasteiger partial charge in [-0.2, -0.15) is 5.10 Å². The molecule has 4 aliphatic rings. The summed E-state index contributed by atoms with van der Waals surface area (Å²) in [5.41, 5.74) is 0.477. The van der Waals surface area contributed by atoms with Crippen LogP contribution in [0.3, 0.4) is 0 Å². The van der Waals surface area contributed by atoms with Gasteiger partial charge in [0.1, 0.15) is 24.6 Å². The molecule has 0 aliphatic heterocycles. The third-order valence-corrected chi connectivity index (χ3v) is 6.34. The van der Waals surface area contributed by atoms with Crippen molar-refractivity contribution in [2.24, 2.45) is 17.3 Å². The lowest BCUT2D eigenvalue weighted by atomic mass is 9.46. The van der Waals surface area contributed by atoms with Crippen LogP contribution in [0.25, 0.3) is 0 Å². The molecule has 2 heterocycles. The van der Waals surface area contributed by atoms with E-state index in [0.29, 0.717) is 18.4 Å². The van der Waals surface area contributed by atoms with Crippen LogP contribution in [0.4, 0.5) is 0 Å². The molecule has 0 aromatic carbocycles. The highest BCUT2D eigenvalue weighted by atomic mass is 16.5. The predicted octanol–water partition coefficient (Wildman–Crippen LogP) is 1.88. The molecule has 0 radical (unpaired) electrons. The topological polar surface area (TPSA) is 85.8 Å². The summed E-state index contributed by atoms with van der Waals surface area (Å²) in [6, 6.07) is 1.79. The van der Waals surface area contributed by atoms with Gasteiger partial charge < -0.3 is 9.84 Å². The van der Waals surface area contributed by atoms with Crippen molar-refractivity contribution in [2.45, 2.75) is 50.6 Å². The zero-order valence-electron chi connectivity index (χ0n) is 13.5. The van der Waals surface area contributed by atoms with Gasteiger partial charge in [0.05, 0.1) is 17.5 Å². The Morgan fingerprint density at radius 3 is 2.83 bits per heavy atom. The summed E-state index contributed by atoms with van der Waals surface area (Å²) in [4.78, 5) is 17.2. The minimum Gasteiger partial charge on any atom is -0.364 e. The van der Waals surface area contributed by atoms with E-state index in [2.05, 4.69) is 20.6 Å². The predicted molar refractivity (Wildman–Crippen MR) is 83.5 cm³/mol. The maximum Gasteiger partial charge on any atom is 0.226 e. The van der Waals surface area contributed by atoms with Gasteiger partial charge in [-0.05, 0) is 50.4 Å². The Hall–Kier alpha value is -2.18. The van der Waals surface area contributed by atoms with Crippen molar-refractivity contribution in [2.75, 3.05) is 0 Å². The van der Waals surface area contributed by atoms with Gasteiger partial charge in [-0.15, -0.1) is 0 Å². The summed E-state index contributed by atoms with van der Waals surface area (Å²) in [6.07, 6.45) is 11.4. The van der Waals surface area contributed by atoms with Crippen molar-refractivity contribution in [3.05, 3.63) is 30.7 Å². The van der Waals surface area contributed by atoms with Gasteiger partial charge in [-0.3, -0.25) is 4.79 Å². The van der Waals surface area contributed by atoms with Crippen molar-refractivity contribution in [3.63, 3.8) is 0 Å². The number of rotatable bonds is 4. The van der Waals surface area contributed by atoms with Gasteiger partial charge in [0.2, 0.25) is 5.91 Å². The molecule has 0 spiro atoms. The normalized spacial score (nSPS) is 36.8. The van der Waals surface area contributed by atoms with Gasteiger partial charge in [-0.1, -0.05) is 5.16 Å². The molecule has 126 valence electrons. The van der Waals surface area contributed by atoms with Crippen molar-refractivity contribution < 1.29 is 9.32 Å². The standard InChI is InChI=1S/C17H21N5O2/c23-15(19-8-14-1-2-24-21-14)16-4-12-3-13(5-16)7-17(6-12,9-16)22-11-18-10-20-22/h1-2,10-13H,3-9H2,(H,19,23)/t12-,13-,16?,17?/m0/s1. The molecular formula is C17H21N5O2. The molecule has 4 aliphatic carbocycles. The molecule has 6 rings (SSSR count). The Balaban J connectivity index is 1.42. The van der Waals surface area contributed by atoms with Crippen molar-refractivity contribution >= 4 is 5.91 Å². The van der Waals surface area contributed by atoms with Gasteiger partial charge in [-0.25, -0.2) is 9.67 Å². The second-order valence-corrected chi connectivity index (χ2v) is 7.98. The first-order valence-corrected chi connectivity index (χ1v) is 8.70. The lowest BCUT2D eigenvalue weighted by molar-refractivity contribution is -0.156. The molecule has 2 aromatic rings. The molecule has 0 unspecified atom stereocenters. The number of nitrogens with one attached hydrogen (secondary N) is 1. The number of aromatic nitrogens is 4. The van der Waals surface area contributed by atoms with Crippen LogP contribution in [0.5, 0.6) is 0 Å². The third-order valence-electron chi connectivity index (χ3n) is 6.34. The average molecular weight is 327 g/mol. The highest BCUT2D eigenvalue weighted by molar-refractivity contribution is 5.83.